The second kappa shape index (κ2) is 12.6. The number of anilines is 1. The van der Waals surface area contributed by atoms with Crippen molar-refractivity contribution in [1.82, 2.24) is 40.4 Å². The predicted molar refractivity (Wildman–Crippen MR) is 165 cm³/mol. The van der Waals surface area contributed by atoms with Gasteiger partial charge in [-0.2, -0.15) is 10.3 Å². The van der Waals surface area contributed by atoms with Gasteiger partial charge >= 0.3 is 0 Å². The molecule has 2 N–H and O–H groups in total. The molecule has 0 radical (unpaired) electrons. The number of carbonyl (C=O) groups excluding carboxylic acids is 1. The first-order valence-corrected chi connectivity index (χ1v) is 14.3. The zero-order valence-corrected chi connectivity index (χ0v) is 24.0. The van der Waals surface area contributed by atoms with Gasteiger partial charge in [-0.1, -0.05) is 74.0 Å². The fourth-order valence-electron chi connectivity index (χ4n) is 4.99. The Morgan fingerprint density at radius 3 is 2.40 bits per heavy atom. The van der Waals surface area contributed by atoms with Crippen LogP contribution >= 0.6 is 0 Å². The van der Waals surface area contributed by atoms with Crippen LogP contribution < -0.4 is 5.32 Å². The maximum Gasteiger partial charge on any atom is 0.275 e. The number of tetrazole rings is 1. The number of rotatable bonds is 10. The fraction of sp³-hybridized carbons (Fsp3) is 0.182. The van der Waals surface area contributed by atoms with Gasteiger partial charge in [0.25, 0.3) is 5.91 Å². The lowest BCUT2D eigenvalue weighted by molar-refractivity contribution is 0.101. The van der Waals surface area contributed by atoms with Crippen molar-refractivity contribution in [3.63, 3.8) is 0 Å². The molecule has 1 amide bonds. The Kier molecular flexibility index (Phi) is 8.08. The number of aromatic amines is 1. The van der Waals surface area contributed by atoms with Gasteiger partial charge in [0.15, 0.2) is 5.82 Å². The predicted octanol–water partition coefficient (Wildman–Crippen LogP) is 6.14. The number of carbonyl (C=O) groups is 1. The van der Waals surface area contributed by atoms with E-state index in [0.29, 0.717) is 23.9 Å². The van der Waals surface area contributed by atoms with Crippen LogP contribution in [0.2, 0.25) is 0 Å². The molecule has 0 saturated heterocycles. The Bertz CT molecular complexity index is 1810. The van der Waals surface area contributed by atoms with Crippen molar-refractivity contribution in [1.29, 1.82) is 0 Å². The average Bonchev–Trinajstić information content (AvgIpc) is 3.72. The van der Waals surface area contributed by atoms with Crippen molar-refractivity contribution in [2.45, 2.75) is 39.7 Å². The molecule has 6 rings (SSSR count). The van der Waals surface area contributed by atoms with E-state index in [1.807, 2.05) is 41.8 Å². The van der Waals surface area contributed by atoms with Crippen LogP contribution in [0, 0.1) is 6.92 Å². The molecule has 6 aromatic rings. The van der Waals surface area contributed by atoms with Crippen LogP contribution in [0.3, 0.4) is 0 Å². The molecule has 0 bridgehead atoms. The van der Waals surface area contributed by atoms with E-state index in [4.69, 9.17) is 0 Å². The standard InChI is InChI=1S/C33H31N9O/c1-3-4-10-31-34-20-29(33(43)35-30-18-11-22(2)36-37-30)42(31)21-23-12-14-25(15-13-23)28-19-26(24-8-6-5-7-9-24)16-17-27(28)32-38-40-41-39-32/h5-9,11-20H,3-4,10,21H2,1-2H3,(H,35,37,43)(H,38,39,40,41). The summed E-state index contributed by atoms with van der Waals surface area (Å²) in [5.74, 6) is 1.54. The average molecular weight is 570 g/mol. The Hall–Kier alpha value is -5.51. The van der Waals surface area contributed by atoms with Gasteiger partial charge in [-0.05, 0) is 70.6 Å². The lowest BCUT2D eigenvalue weighted by atomic mass is 9.93. The molecule has 0 atom stereocenters. The third-order valence-corrected chi connectivity index (χ3v) is 7.28. The summed E-state index contributed by atoms with van der Waals surface area (Å²) in [5, 5.41) is 25.8. The smallest absolute Gasteiger partial charge is 0.275 e. The first-order valence-electron chi connectivity index (χ1n) is 14.3. The number of benzene rings is 3. The molecule has 10 nitrogen and oxygen atoms in total. The summed E-state index contributed by atoms with van der Waals surface area (Å²) in [4.78, 5) is 17.9. The SMILES string of the molecule is CCCCc1ncc(C(=O)Nc2ccc(C)nn2)n1Cc1ccc(-c2cc(-c3ccccc3)ccc2-c2nn[nH]n2)cc1. The highest BCUT2D eigenvalue weighted by Gasteiger charge is 2.18. The quantitative estimate of drug-likeness (QED) is 0.203. The molecule has 0 saturated carbocycles. The van der Waals surface area contributed by atoms with Gasteiger partial charge < -0.3 is 9.88 Å². The van der Waals surface area contributed by atoms with E-state index in [-0.39, 0.29) is 5.91 Å². The van der Waals surface area contributed by atoms with Crippen molar-refractivity contribution in [3.05, 3.63) is 114 Å². The van der Waals surface area contributed by atoms with Gasteiger partial charge in [0.05, 0.1) is 11.9 Å². The fourth-order valence-corrected chi connectivity index (χ4v) is 4.99. The van der Waals surface area contributed by atoms with Crippen LogP contribution in [0.15, 0.2) is 91.1 Å². The second-order valence-electron chi connectivity index (χ2n) is 10.3. The minimum atomic E-state index is -0.271. The number of imidazole rings is 1. The van der Waals surface area contributed by atoms with E-state index >= 15 is 0 Å². The number of amides is 1. The van der Waals surface area contributed by atoms with Gasteiger partial charge in [-0.25, -0.2) is 4.98 Å². The minimum Gasteiger partial charge on any atom is -0.319 e. The number of unbranched alkanes of at least 4 members (excludes halogenated alkanes) is 1. The van der Waals surface area contributed by atoms with Gasteiger partial charge in [0.2, 0.25) is 5.82 Å². The van der Waals surface area contributed by atoms with Crippen molar-refractivity contribution in [2.75, 3.05) is 5.32 Å². The maximum atomic E-state index is 13.3. The van der Waals surface area contributed by atoms with Crippen molar-refractivity contribution < 1.29 is 4.79 Å². The zero-order valence-electron chi connectivity index (χ0n) is 24.0. The van der Waals surface area contributed by atoms with Gasteiger partial charge in [0, 0.05) is 18.5 Å². The molecular formula is C33H31N9O. The van der Waals surface area contributed by atoms with Crippen LogP contribution in [0.25, 0.3) is 33.6 Å². The molecule has 0 aliphatic carbocycles. The van der Waals surface area contributed by atoms with Gasteiger partial charge in [-0.15, -0.1) is 15.3 Å². The highest BCUT2D eigenvalue weighted by atomic mass is 16.2. The summed E-state index contributed by atoms with van der Waals surface area (Å²) < 4.78 is 1.99. The van der Waals surface area contributed by atoms with E-state index in [2.05, 4.69) is 96.6 Å². The van der Waals surface area contributed by atoms with Crippen molar-refractivity contribution >= 4 is 11.7 Å². The first-order chi connectivity index (χ1) is 21.1. The lowest BCUT2D eigenvalue weighted by Crippen LogP contribution is -2.19. The highest BCUT2D eigenvalue weighted by molar-refractivity contribution is 6.02. The number of aryl methyl sites for hydroxylation is 2. The van der Waals surface area contributed by atoms with E-state index in [1.54, 1.807) is 12.3 Å². The number of nitrogens with zero attached hydrogens (tertiary/aromatic N) is 7. The number of nitrogens with one attached hydrogen (secondary N) is 2. The molecule has 0 unspecified atom stereocenters. The third kappa shape index (κ3) is 6.23. The van der Waals surface area contributed by atoms with Crippen molar-refractivity contribution in [3.8, 4) is 33.6 Å². The molecule has 0 spiro atoms. The molecular weight excluding hydrogens is 538 g/mol. The van der Waals surface area contributed by atoms with Crippen LogP contribution in [0.1, 0.15) is 47.3 Å². The van der Waals surface area contributed by atoms with E-state index < -0.39 is 0 Å². The summed E-state index contributed by atoms with van der Waals surface area (Å²) in [5.41, 5.74) is 7.44. The summed E-state index contributed by atoms with van der Waals surface area (Å²) in [6, 6.07) is 28.4. The largest absolute Gasteiger partial charge is 0.319 e. The maximum absolute atomic E-state index is 13.3. The Morgan fingerprint density at radius 2 is 1.67 bits per heavy atom. The molecule has 3 aromatic carbocycles. The normalized spacial score (nSPS) is 11.0. The minimum absolute atomic E-state index is 0.271. The van der Waals surface area contributed by atoms with Gasteiger partial charge in [0.1, 0.15) is 11.5 Å². The van der Waals surface area contributed by atoms with E-state index in [9.17, 15) is 4.79 Å². The number of H-pyrrole nitrogens is 1. The lowest BCUT2D eigenvalue weighted by Gasteiger charge is -2.14. The summed E-state index contributed by atoms with van der Waals surface area (Å²) in [6.07, 6.45) is 4.44. The van der Waals surface area contributed by atoms with E-state index in [1.165, 1.54) is 0 Å². The molecule has 3 heterocycles. The van der Waals surface area contributed by atoms with E-state index in [0.717, 1.165) is 64.2 Å². The summed E-state index contributed by atoms with van der Waals surface area (Å²) in [6.45, 7) is 4.50. The molecule has 3 aromatic heterocycles. The summed E-state index contributed by atoms with van der Waals surface area (Å²) >= 11 is 0. The Balaban J connectivity index is 1.31. The molecule has 43 heavy (non-hydrogen) atoms. The number of hydrogen-bond donors (Lipinski definition) is 2. The third-order valence-electron chi connectivity index (χ3n) is 7.28. The Labute approximate surface area is 249 Å². The number of aromatic nitrogens is 8. The van der Waals surface area contributed by atoms with Crippen LogP contribution in [0.5, 0.6) is 0 Å². The van der Waals surface area contributed by atoms with Crippen LogP contribution in [-0.2, 0) is 13.0 Å². The van der Waals surface area contributed by atoms with Gasteiger partial charge in [-0.3, -0.25) is 4.79 Å². The molecule has 0 fully saturated rings. The summed E-state index contributed by atoms with van der Waals surface area (Å²) in [7, 11) is 0. The van der Waals surface area contributed by atoms with Crippen molar-refractivity contribution in [2.24, 2.45) is 0 Å². The highest BCUT2D eigenvalue weighted by Crippen LogP contribution is 2.34. The second-order valence-corrected chi connectivity index (χ2v) is 10.3. The monoisotopic (exact) mass is 569 g/mol. The molecule has 214 valence electrons. The molecule has 10 heteroatoms. The zero-order chi connectivity index (χ0) is 29.6. The molecule has 0 aliphatic heterocycles. The first kappa shape index (κ1) is 27.6. The van der Waals surface area contributed by atoms with Crippen LogP contribution in [-0.4, -0.2) is 46.3 Å². The topological polar surface area (TPSA) is 127 Å². The Morgan fingerprint density at radius 1 is 0.860 bits per heavy atom. The molecule has 0 aliphatic rings. The number of hydrogen-bond acceptors (Lipinski definition) is 7. The van der Waals surface area contributed by atoms with Crippen LogP contribution in [0.4, 0.5) is 5.82 Å².